The number of phenols is 2. The molecule has 0 saturated carbocycles. The Morgan fingerprint density at radius 1 is 0.561 bits per heavy atom. The van der Waals surface area contributed by atoms with E-state index in [0.29, 0.717) is 72.5 Å². The maximum absolute atomic E-state index is 14.1. The normalized spacial score (nSPS) is 12.0. The number of phenolic OH excluding ortho intramolecular Hbond substituents is 2. The molecule has 6 N–H and O–H groups in total. The molecule has 0 spiro atoms. The number of H-pyrrole nitrogens is 2. The molecule has 12 aromatic rings. The number of carbonyl (C=O) groups excluding carboxylic acids is 1. The molecule has 0 radical (unpaired) electrons. The first kappa shape index (κ1) is 50.2. The van der Waals surface area contributed by atoms with Gasteiger partial charge in [0.15, 0.2) is 5.75 Å². The maximum Gasteiger partial charge on any atom is 0.259 e. The summed E-state index contributed by atoms with van der Waals surface area (Å²) in [4.78, 5) is 27.2. The number of amides is 1. The van der Waals surface area contributed by atoms with Crippen molar-refractivity contribution in [3.05, 3.63) is 197 Å². The Kier molecular flexibility index (Phi) is 12.3. The average Bonchev–Trinajstić information content (AvgIpc) is 4.05. The predicted octanol–water partition coefficient (Wildman–Crippen LogP) is 16.8. The average molecular weight is 1080 g/mol. The summed E-state index contributed by atoms with van der Waals surface area (Å²) < 4.78 is 10.7. The van der Waals surface area contributed by atoms with Crippen LogP contribution in [0.4, 0.5) is 34.1 Å². The van der Waals surface area contributed by atoms with E-state index in [9.17, 15) is 25.5 Å². The van der Waals surface area contributed by atoms with E-state index in [1.165, 1.54) is 0 Å². The number of anilines is 2. The van der Waals surface area contributed by atoms with Crippen LogP contribution in [-0.2, 0) is 11.4 Å². The Balaban J connectivity index is 0.878. The van der Waals surface area contributed by atoms with Gasteiger partial charge >= 0.3 is 0 Å². The quantitative estimate of drug-likeness (QED) is 0.0387. The number of nitrogens with one attached hydrogen (secondary N) is 4. The summed E-state index contributed by atoms with van der Waals surface area (Å²) in [5, 5.41) is 73.6. The van der Waals surface area contributed by atoms with Gasteiger partial charge in [-0.25, -0.2) is 0 Å². The predicted molar refractivity (Wildman–Crippen MR) is 319 cm³/mol. The number of ether oxygens (including phenoxy) is 2. The number of aromatic hydroxyl groups is 2. The molecule has 10 aromatic carbocycles. The molecule has 0 bridgehead atoms. The van der Waals surface area contributed by atoms with Crippen LogP contribution in [0.5, 0.6) is 23.0 Å². The van der Waals surface area contributed by atoms with Crippen molar-refractivity contribution in [2.45, 2.75) is 20.5 Å². The van der Waals surface area contributed by atoms with E-state index in [1.54, 1.807) is 62.8 Å². The van der Waals surface area contributed by atoms with Crippen molar-refractivity contribution in [3.63, 3.8) is 0 Å². The minimum absolute atomic E-state index is 0.0215. The number of carbonyl (C=O) groups is 1. The number of hydrogen-bond acceptors (Lipinski definition) is 13. The highest BCUT2D eigenvalue weighted by Gasteiger charge is 2.29. The maximum atomic E-state index is 14.1. The van der Waals surface area contributed by atoms with Crippen molar-refractivity contribution < 1.29 is 29.3 Å². The first-order valence-electron chi connectivity index (χ1n) is 26.0. The number of rotatable bonds is 12. The topological polar surface area (TPSA) is 238 Å². The molecule has 0 aliphatic heterocycles. The van der Waals surface area contributed by atoms with Crippen LogP contribution in [0.1, 0.15) is 38.2 Å². The van der Waals surface area contributed by atoms with Crippen LogP contribution in [0.15, 0.2) is 184 Å². The number of nitrogens with zero attached hydrogens (tertiary/aromatic N) is 6. The van der Waals surface area contributed by atoms with Gasteiger partial charge in [0.2, 0.25) is 0 Å². The Morgan fingerprint density at radius 3 is 1.62 bits per heavy atom. The summed E-state index contributed by atoms with van der Waals surface area (Å²) in [5.41, 5.74) is 13.4. The highest BCUT2D eigenvalue weighted by atomic mass is 16.6. The molecular weight excluding hydrogens is 1030 g/mol. The molecule has 13 rings (SSSR count). The van der Waals surface area contributed by atoms with Crippen LogP contribution in [-0.4, -0.2) is 40.3 Å². The summed E-state index contributed by atoms with van der Waals surface area (Å²) in [6.07, 6.45) is 0. The molecule has 0 fully saturated rings. The van der Waals surface area contributed by atoms with Gasteiger partial charge in [0, 0.05) is 60.2 Å². The summed E-state index contributed by atoms with van der Waals surface area (Å²) in [7, 11) is 3.18. The highest BCUT2D eigenvalue weighted by molar-refractivity contribution is 6.23. The van der Waals surface area contributed by atoms with Crippen LogP contribution in [0.25, 0.3) is 81.9 Å². The van der Waals surface area contributed by atoms with Gasteiger partial charge in [-0.3, -0.25) is 15.1 Å². The lowest BCUT2D eigenvalue weighted by Gasteiger charge is -2.14. The lowest BCUT2D eigenvalue weighted by molar-refractivity contribution is 0.102. The number of methoxy groups -OCH3 is 2. The van der Waals surface area contributed by atoms with E-state index < -0.39 is 5.91 Å². The first-order chi connectivity index (χ1) is 40.0. The van der Waals surface area contributed by atoms with Gasteiger partial charge in [-0.15, -0.1) is 10.2 Å². The zero-order valence-corrected chi connectivity index (χ0v) is 44.4. The number of hydrogen-bond donors (Lipinski definition) is 6. The fourth-order valence-electron chi connectivity index (χ4n) is 11.1. The number of fused-ring (bicyclic) bond motifs is 13. The second-order valence-corrected chi connectivity index (χ2v) is 19.9. The van der Waals surface area contributed by atoms with E-state index >= 15 is 0 Å². The summed E-state index contributed by atoms with van der Waals surface area (Å²) >= 11 is 0. The van der Waals surface area contributed by atoms with Crippen LogP contribution in [0.3, 0.4) is 0 Å². The van der Waals surface area contributed by atoms with Crippen molar-refractivity contribution in [2.75, 3.05) is 25.0 Å². The first-order valence-corrected chi connectivity index (χ1v) is 26.0. The Hall–Kier alpha value is -11.3. The Morgan fingerprint density at radius 2 is 1.09 bits per heavy atom. The fraction of sp³-hybridized carbons (Fsp3) is 0.0758. The van der Waals surface area contributed by atoms with Gasteiger partial charge in [-0.05, 0) is 143 Å². The van der Waals surface area contributed by atoms with Gasteiger partial charge in [-0.1, -0.05) is 72.8 Å². The third-order valence-electron chi connectivity index (χ3n) is 15.1. The zero-order chi connectivity index (χ0) is 56.3. The lowest BCUT2D eigenvalue weighted by Crippen LogP contribution is -2.13. The summed E-state index contributed by atoms with van der Waals surface area (Å²) in [5.74, 6) is 0.269. The second kappa shape index (κ2) is 20.2. The number of allylic oxidation sites excluding steroid dienone is 1. The molecule has 1 aliphatic carbocycles. The second-order valence-electron chi connectivity index (χ2n) is 19.9. The standard InChI is InChI=1S/C66H46N10O6/c1-34-25-42(80-3)17-23-53(34)71-66(79)52-28-37-14-20-49-47-10-6-8-12-56(47)70-61(49)59(37)63(65(52)78)75-73-41-16-22-45-44-21-15-40(29-50(44)57(51(45)30-41)39(31-67)32-68)72-74-62-58-36(13-19-48-46-9-5-7-11-55(46)69-60(48)58)27-38(64(62)77)33-82-76-54-24-18-43(81-4)26-35(54)2/h5-30,69-70,76-78H,33H2,1-4H3,(H,71,79). The number of aromatic amines is 2. The molecular formula is C66H46N10O6. The molecule has 82 heavy (non-hydrogen) atoms. The number of benzene rings is 10. The van der Waals surface area contributed by atoms with E-state index in [4.69, 9.17) is 34.8 Å². The van der Waals surface area contributed by atoms with Crippen molar-refractivity contribution >= 4 is 111 Å². The third kappa shape index (κ3) is 8.47. The molecule has 0 atom stereocenters. The monoisotopic (exact) mass is 1070 g/mol. The van der Waals surface area contributed by atoms with Gasteiger partial charge < -0.3 is 35.0 Å². The van der Waals surface area contributed by atoms with Gasteiger partial charge in [0.1, 0.15) is 52.9 Å². The molecule has 0 unspecified atom stereocenters. The van der Waals surface area contributed by atoms with E-state index in [2.05, 4.69) is 32.9 Å². The Bertz CT molecular complexity index is 4890. The molecule has 16 nitrogen and oxygen atoms in total. The van der Waals surface area contributed by atoms with E-state index in [0.717, 1.165) is 71.4 Å². The fourth-order valence-corrected chi connectivity index (χ4v) is 11.1. The van der Waals surface area contributed by atoms with Crippen molar-refractivity contribution in [2.24, 2.45) is 20.5 Å². The number of para-hydroxylation sites is 2. The summed E-state index contributed by atoms with van der Waals surface area (Å²) in [6, 6.07) is 53.0. The van der Waals surface area contributed by atoms with Crippen molar-refractivity contribution in [1.29, 1.82) is 10.5 Å². The van der Waals surface area contributed by atoms with Gasteiger partial charge in [-0.2, -0.15) is 20.8 Å². The smallest absolute Gasteiger partial charge is 0.259 e. The van der Waals surface area contributed by atoms with E-state index in [1.807, 2.05) is 123 Å². The minimum atomic E-state index is -0.561. The van der Waals surface area contributed by atoms with Crippen LogP contribution >= 0.6 is 0 Å². The van der Waals surface area contributed by atoms with E-state index in [-0.39, 0.29) is 40.6 Å². The molecule has 1 amide bonds. The highest BCUT2D eigenvalue weighted by Crippen LogP contribution is 2.50. The number of aryl methyl sites for hydroxylation is 2. The van der Waals surface area contributed by atoms with Crippen LogP contribution < -0.4 is 20.3 Å². The minimum Gasteiger partial charge on any atom is -0.505 e. The number of aromatic nitrogens is 2. The third-order valence-corrected chi connectivity index (χ3v) is 15.1. The van der Waals surface area contributed by atoms with Crippen LogP contribution in [0, 0.1) is 36.5 Å². The molecule has 396 valence electrons. The molecule has 0 saturated heterocycles. The number of nitriles is 2. The number of azo groups is 2. The molecule has 2 aromatic heterocycles. The van der Waals surface area contributed by atoms with Crippen LogP contribution in [0.2, 0.25) is 0 Å². The molecule has 1 aliphatic rings. The summed E-state index contributed by atoms with van der Waals surface area (Å²) in [6.45, 7) is 3.75. The SMILES string of the molecule is COc1ccc(NOCc2cc3ccc4c5ccccc5[nH]c4c3c(N=Nc3ccc4c(c3)C(=C(C#N)C#N)c3cc(N=Nc5c(O)c(C(=O)Nc6ccc(OC)cc6C)cc6ccc7c8ccccc8[nH]c7c56)ccc3-4)c2O)c(C)c1. The Labute approximate surface area is 467 Å². The van der Waals surface area contributed by atoms with Gasteiger partial charge in [0.05, 0.1) is 47.9 Å². The molecule has 2 heterocycles. The largest absolute Gasteiger partial charge is 0.505 e. The molecule has 16 heteroatoms. The zero-order valence-electron chi connectivity index (χ0n) is 44.4. The van der Waals surface area contributed by atoms with Gasteiger partial charge in [0.25, 0.3) is 5.91 Å². The van der Waals surface area contributed by atoms with Crippen molar-refractivity contribution in [1.82, 2.24) is 9.97 Å². The van der Waals surface area contributed by atoms with Crippen molar-refractivity contribution in [3.8, 4) is 46.3 Å². The lowest BCUT2D eigenvalue weighted by atomic mass is 9.98.